The lowest BCUT2D eigenvalue weighted by molar-refractivity contribution is 0.300. The largest absolute Gasteiger partial charge is 0.326 e. The number of hydrogen-bond donors (Lipinski definition) is 2. The highest BCUT2D eigenvalue weighted by Crippen LogP contribution is 2.31. The van der Waals surface area contributed by atoms with Crippen LogP contribution in [0.1, 0.15) is 38.4 Å². The van der Waals surface area contributed by atoms with Crippen LogP contribution in [-0.4, -0.2) is 40.3 Å². The average Bonchev–Trinajstić information content (AvgIpc) is 3.12. The molecule has 5 nitrogen and oxygen atoms in total. The van der Waals surface area contributed by atoms with E-state index in [1.54, 1.807) is 0 Å². The molecule has 2 aromatic heterocycles. The molecular formula is C19H29N3O2S2. The molecule has 2 heterocycles. The molecule has 2 aromatic rings. The van der Waals surface area contributed by atoms with E-state index in [0.717, 1.165) is 58.5 Å². The molecule has 0 aliphatic heterocycles. The predicted molar refractivity (Wildman–Crippen MR) is 111 cm³/mol. The fourth-order valence-electron chi connectivity index (χ4n) is 2.83. The first-order valence-corrected chi connectivity index (χ1v) is 11.2. The molecule has 0 aliphatic carbocycles. The highest BCUT2D eigenvalue weighted by Gasteiger charge is 2.12. The van der Waals surface area contributed by atoms with Crippen molar-refractivity contribution in [2.24, 2.45) is 0 Å². The molecule has 0 bridgehead atoms. The Kier molecular flexibility index (Phi) is 8.21. The van der Waals surface area contributed by atoms with E-state index in [1.165, 1.54) is 11.3 Å². The summed E-state index contributed by atoms with van der Waals surface area (Å²) in [7, 11) is -1.20. The number of aromatic nitrogens is 1. The molecule has 1 unspecified atom stereocenters. The first-order valence-electron chi connectivity index (χ1n) is 9.20. The second-order valence-electron chi connectivity index (χ2n) is 6.18. The maximum Gasteiger partial charge on any atom is 0.251 e. The molecule has 2 rings (SSSR count). The van der Waals surface area contributed by atoms with Crippen LogP contribution in [-0.2, 0) is 17.4 Å². The zero-order chi connectivity index (χ0) is 19.1. The van der Waals surface area contributed by atoms with Gasteiger partial charge in [-0.3, -0.25) is 4.79 Å². The highest BCUT2D eigenvalue weighted by atomic mass is 32.2. The van der Waals surface area contributed by atoms with Crippen molar-refractivity contribution in [3.05, 3.63) is 39.8 Å². The van der Waals surface area contributed by atoms with Gasteiger partial charge in [-0.2, -0.15) is 0 Å². The van der Waals surface area contributed by atoms with Gasteiger partial charge in [0.25, 0.3) is 5.56 Å². The molecule has 0 spiro atoms. The number of nitrogens with one attached hydrogen (secondary N) is 2. The Labute approximate surface area is 162 Å². The van der Waals surface area contributed by atoms with Gasteiger partial charge in [0.1, 0.15) is 15.2 Å². The van der Waals surface area contributed by atoms with E-state index in [4.69, 9.17) is 0 Å². The topological polar surface area (TPSA) is 65.2 Å². The number of aryl methyl sites for hydroxylation is 2. The quantitative estimate of drug-likeness (QED) is 0.607. The summed E-state index contributed by atoms with van der Waals surface area (Å²) in [4.78, 5) is 18.2. The molecule has 144 valence electrons. The van der Waals surface area contributed by atoms with E-state index in [0.29, 0.717) is 6.42 Å². The SMILES string of the molecule is CCc1cc(-c2ccc(S(=O)NCCCN(CC)CC)s2)c(C)[nH]c1=O. The van der Waals surface area contributed by atoms with Crippen molar-refractivity contribution in [1.29, 1.82) is 0 Å². The third kappa shape index (κ3) is 5.36. The summed E-state index contributed by atoms with van der Waals surface area (Å²) in [6, 6.07) is 5.84. The molecule has 26 heavy (non-hydrogen) atoms. The van der Waals surface area contributed by atoms with Crippen LogP contribution in [0.5, 0.6) is 0 Å². The number of aromatic amines is 1. The maximum absolute atomic E-state index is 12.5. The van der Waals surface area contributed by atoms with Crippen molar-refractivity contribution >= 4 is 22.3 Å². The summed E-state index contributed by atoms with van der Waals surface area (Å²) >= 11 is 1.51. The Morgan fingerprint density at radius 3 is 2.62 bits per heavy atom. The van der Waals surface area contributed by atoms with Gasteiger partial charge >= 0.3 is 0 Å². The number of nitrogens with zero attached hydrogens (tertiary/aromatic N) is 1. The van der Waals surface area contributed by atoms with Gasteiger partial charge in [-0.05, 0) is 57.6 Å². The van der Waals surface area contributed by atoms with Crippen LogP contribution >= 0.6 is 11.3 Å². The van der Waals surface area contributed by atoms with Gasteiger partial charge in [0.2, 0.25) is 0 Å². The van der Waals surface area contributed by atoms with Crippen molar-refractivity contribution in [1.82, 2.24) is 14.6 Å². The Morgan fingerprint density at radius 2 is 1.96 bits per heavy atom. The zero-order valence-corrected chi connectivity index (χ0v) is 17.7. The lowest BCUT2D eigenvalue weighted by Crippen LogP contribution is -2.27. The Hall–Kier alpha value is -1.28. The molecule has 0 radical (unpaired) electrons. The predicted octanol–water partition coefficient (Wildman–Crippen LogP) is 3.32. The maximum atomic E-state index is 12.5. The van der Waals surface area contributed by atoms with Crippen molar-refractivity contribution in [2.45, 2.75) is 44.7 Å². The van der Waals surface area contributed by atoms with Gasteiger partial charge in [-0.15, -0.1) is 11.3 Å². The molecule has 2 N–H and O–H groups in total. The molecule has 0 aromatic carbocycles. The average molecular weight is 396 g/mol. The van der Waals surface area contributed by atoms with Gasteiger partial charge in [0.15, 0.2) is 0 Å². The van der Waals surface area contributed by atoms with Crippen LogP contribution in [0.3, 0.4) is 0 Å². The number of H-pyrrole nitrogens is 1. The first kappa shape index (κ1) is 21.0. The minimum Gasteiger partial charge on any atom is -0.326 e. The second kappa shape index (κ2) is 10.2. The van der Waals surface area contributed by atoms with Crippen molar-refractivity contribution < 1.29 is 4.21 Å². The molecular weight excluding hydrogens is 366 g/mol. The fraction of sp³-hybridized carbons (Fsp3) is 0.526. The van der Waals surface area contributed by atoms with Crippen LogP contribution in [0.25, 0.3) is 10.4 Å². The third-order valence-corrected chi connectivity index (χ3v) is 7.09. The zero-order valence-electron chi connectivity index (χ0n) is 16.1. The van der Waals surface area contributed by atoms with Crippen molar-refractivity contribution in [3.63, 3.8) is 0 Å². The summed E-state index contributed by atoms with van der Waals surface area (Å²) in [5.41, 5.74) is 2.61. The van der Waals surface area contributed by atoms with Gasteiger partial charge < -0.3 is 9.88 Å². The standard InChI is InChI=1S/C19H29N3O2S2/c1-5-15-13-16(14(4)21-19(15)23)17-9-10-18(25-17)26(24)20-11-8-12-22(6-2)7-3/h9-10,13,20H,5-8,11-12H2,1-4H3,(H,21,23). The minimum atomic E-state index is -1.20. The van der Waals surface area contributed by atoms with E-state index in [-0.39, 0.29) is 5.56 Å². The first-order chi connectivity index (χ1) is 12.5. The number of hydrogen-bond acceptors (Lipinski definition) is 4. The Balaban J connectivity index is 2.01. The molecule has 0 fully saturated rings. The number of thiophene rings is 1. The Bertz CT molecular complexity index is 794. The molecule has 0 saturated carbocycles. The van der Waals surface area contributed by atoms with E-state index in [1.807, 2.05) is 32.0 Å². The minimum absolute atomic E-state index is 0.0241. The molecule has 7 heteroatoms. The second-order valence-corrected chi connectivity index (χ2v) is 8.79. The van der Waals surface area contributed by atoms with Crippen molar-refractivity contribution in [3.8, 4) is 10.4 Å². The normalized spacial score (nSPS) is 12.7. The Morgan fingerprint density at radius 1 is 1.23 bits per heavy atom. The molecule has 0 amide bonds. The lowest BCUT2D eigenvalue weighted by Gasteiger charge is -2.17. The van der Waals surface area contributed by atoms with E-state index < -0.39 is 11.0 Å². The van der Waals surface area contributed by atoms with Gasteiger partial charge in [0.05, 0.1) is 0 Å². The number of pyridine rings is 1. The highest BCUT2D eigenvalue weighted by molar-refractivity contribution is 7.85. The van der Waals surface area contributed by atoms with Crippen LogP contribution in [0.15, 0.2) is 27.2 Å². The van der Waals surface area contributed by atoms with Crippen LogP contribution in [0.2, 0.25) is 0 Å². The smallest absolute Gasteiger partial charge is 0.251 e. The summed E-state index contributed by atoms with van der Waals surface area (Å²) in [5, 5.41) is 0. The van der Waals surface area contributed by atoms with Gasteiger partial charge in [0, 0.05) is 28.2 Å². The van der Waals surface area contributed by atoms with Gasteiger partial charge in [-0.25, -0.2) is 8.93 Å². The van der Waals surface area contributed by atoms with Crippen LogP contribution in [0, 0.1) is 6.92 Å². The summed E-state index contributed by atoms with van der Waals surface area (Å²) in [6.07, 6.45) is 1.67. The monoisotopic (exact) mass is 395 g/mol. The van der Waals surface area contributed by atoms with Crippen molar-refractivity contribution in [2.75, 3.05) is 26.2 Å². The van der Waals surface area contributed by atoms with Crippen LogP contribution < -0.4 is 10.3 Å². The summed E-state index contributed by atoms with van der Waals surface area (Å²) in [5.74, 6) is 0. The molecule has 1 atom stereocenters. The third-order valence-electron chi connectivity index (χ3n) is 4.50. The van der Waals surface area contributed by atoms with Crippen LogP contribution in [0.4, 0.5) is 0 Å². The number of rotatable bonds is 10. The lowest BCUT2D eigenvalue weighted by atomic mass is 10.1. The summed E-state index contributed by atoms with van der Waals surface area (Å²) < 4.78 is 16.4. The molecule has 0 saturated heterocycles. The summed E-state index contributed by atoms with van der Waals surface area (Å²) in [6.45, 7) is 12.0. The molecule has 0 aliphatic rings. The van der Waals surface area contributed by atoms with E-state index >= 15 is 0 Å². The van der Waals surface area contributed by atoms with E-state index in [9.17, 15) is 9.00 Å². The van der Waals surface area contributed by atoms with E-state index in [2.05, 4.69) is 28.5 Å². The van der Waals surface area contributed by atoms with Gasteiger partial charge in [-0.1, -0.05) is 20.8 Å². The fourth-order valence-corrected chi connectivity index (χ4v) is 5.05.